The Hall–Kier alpha value is -1.32. The molecule has 0 saturated carbocycles. The second-order valence-electron chi connectivity index (χ2n) is 5.58. The summed E-state index contributed by atoms with van der Waals surface area (Å²) in [5.41, 5.74) is 0. The second-order valence-corrected chi connectivity index (χ2v) is 5.58. The van der Waals surface area contributed by atoms with Crippen molar-refractivity contribution < 1.29 is 14.1 Å². The van der Waals surface area contributed by atoms with Crippen LogP contribution in [0.15, 0.2) is 18.7 Å². The summed E-state index contributed by atoms with van der Waals surface area (Å²) >= 11 is 0. The number of nitrogens with zero attached hydrogens (tertiary/aromatic N) is 2. The Morgan fingerprint density at radius 1 is 1.10 bits per heavy atom. The van der Waals surface area contributed by atoms with Crippen molar-refractivity contribution in [2.45, 2.75) is 78.3 Å². The average molecular weight is 295 g/mol. The van der Waals surface area contributed by atoms with Crippen molar-refractivity contribution in [1.82, 2.24) is 4.57 Å². The van der Waals surface area contributed by atoms with E-state index >= 15 is 0 Å². The summed E-state index contributed by atoms with van der Waals surface area (Å²) in [6, 6.07) is 0. The van der Waals surface area contributed by atoms with Gasteiger partial charge in [0.25, 0.3) is 0 Å². The van der Waals surface area contributed by atoms with E-state index in [0.29, 0.717) is 13.0 Å². The third-order valence-corrected chi connectivity index (χ3v) is 3.63. The van der Waals surface area contributed by atoms with Gasteiger partial charge in [0.1, 0.15) is 12.4 Å². The van der Waals surface area contributed by atoms with Gasteiger partial charge in [0, 0.05) is 12.8 Å². The molecule has 0 amide bonds. The summed E-state index contributed by atoms with van der Waals surface area (Å²) in [4.78, 5) is 11.0. The molecule has 0 aliphatic carbocycles. The topological polar surface area (TPSA) is 35.1 Å². The average Bonchev–Trinajstić information content (AvgIpc) is 2.95. The molecule has 0 aliphatic rings. The highest BCUT2D eigenvalue weighted by atomic mass is 16.5. The summed E-state index contributed by atoms with van der Waals surface area (Å²) in [5, 5.41) is 0. The largest absolute Gasteiger partial charge is 0.466 e. The molecule has 1 aromatic heterocycles. The van der Waals surface area contributed by atoms with Crippen LogP contribution in [0.4, 0.5) is 0 Å². The predicted molar refractivity (Wildman–Crippen MR) is 83.9 cm³/mol. The number of hydrogen-bond acceptors (Lipinski definition) is 2. The van der Waals surface area contributed by atoms with Gasteiger partial charge in [0.2, 0.25) is 6.33 Å². The first kappa shape index (κ1) is 17.7. The molecule has 0 fully saturated rings. The standard InChI is InChI=1S/C17H31N2O2/c1-3-5-6-7-8-9-11-18-13-14-19(16-18)12-10-15-21-17(20)4-2/h13-14,16H,3-12,15H2,1-2H3/q+1. The summed E-state index contributed by atoms with van der Waals surface area (Å²) < 4.78 is 9.48. The molecule has 0 radical (unpaired) electrons. The fraction of sp³-hybridized carbons (Fsp3) is 0.765. The summed E-state index contributed by atoms with van der Waals surface area (Å²) in [6.45, 7) is 6.59. The van der Waals surface area contributed by atoms with Crippen LogP contribution in [-0.2, 0) is 22.6 Å². The molecule has 1 rings (SSSR count). The number of aryl methyl sites for hydroxylation is 2. The monoisotopic (exact) mass is 295 g/mol. The van der Waals surface area contributed by atoms with E-state index in [9.17, 15) is 4.79 Å². The van der Waals surface area contributed by atoms with Crippen molar-refractivity contribution in [1.29, 1.82) is 0 Å². The first-order chi connectivity index (χ1) is 10.3. The normalized spacial score (nSPS) is 10.8. The Balaban J connectivity index is 2.08. The zero-order chi connectivity index (χ0) is 15.3. The van der Waals surface area contributed by atoms with Crippen molar-refractivity contribution in [3.63, 3.8) is 0 Å². The zero-order valence-corrected chi connectivity index (χ0v) is 13.7. The predicted octanol–water partition coefficient (Wildman–Crippen LogP) is 3.48. The highest BCUT2D eigenvalue weighted by Gasteiger charge is 2.04. The Kier molecular flexibility index (Phi) is 9.58. The summed E-state index contributed by atoms with van der Waals surface area (Å²) in [6.07, 6.45) is 15.7. The third kappa shape index (κ3) is 8.53. The van der Waals surface area contributed by atoms with Crippen molar-refractivity contribution >= 4 is 5.97 Å². The number of esters is 1. The molecular weight excluding hydrogens is 264 g/mol. The molecule has 0 aliphatic heterocycles. The lowest BCUT2D eigenvalue weighted by atomic mass is 10.1. The maximum atomic E-state index is 11.0. The van der Waals surface area contributed by atoms with Crippen LogP contribution in [0, 0.1) is 0 Å². The Bertz CT molecular complexity index is 388. The second kappa shape index (κ2) is 11.4. The number of aromatic nitrogens is 2. The quantitative estimate of drug-likeness (QED) is 0.336. The molecule has 0 atom stereocenters. The molecule has 0 saturated heterocycles. The Morgan fingerprint density at radius 3 is 2.62 bits per heavy atom. The SMILES string of the molecule is CCCCCCCCn1cc[n+](CCCOC(=O)CC)c1. The molecule has 0 N–H and O–H groups in total. The minimum Gasteiger partial charge on any atom is -0.466 e. The van der Waals surface area contributed by atoms with Crippen molar-refractivity contribution in [2.75, 3.05) is 6.61 Å². The van der Waals surface area contributed by atoms with Crippen LogP contribution < -0.4 is 4.57 Å². The van der Waals surface area contributed by atoms with Gasteiger partial charge < -0.3 is 4.74 Å². The zero-order valence-electron chi connectivity index (χ0n) is 13.7. The van der Waals surface area contributed by atoms with Gasteiger partial charge in [0.05, 0.1) is 19.7 Å². The van der Waals surface area contributed by atoms with Crippen molar-refractivity contribution in [3.8, 4) is 0 Å². The van der Waals surface area contributed by atoms with Gasteiger partial charge in [-0.1, -0.05) is 39.5 Å². The van der Waals surface area contributed by atoms with Crippen LogP contribution in [0.1, 0.15) is 65.2 Å². The van der Waals surface area contributed by atoms with Crippen LogP contribution in [0.3, 0.4) is 0 Å². The van der Waals surface area contributed by atoms with E-state index < -0.39 is 0 Å². The van der Waals surface area contributed by atoms with Gasteiger partial charge in [-0.2, -0.15) is 0 Å². The van der Waals surface area contributed by atoms with Gasteiger partial charge >= 0.3 is 5.97 Å². The van der Waals surface area contributed by atoms with Crippen LogP contribution in [0.2, 0.25) is 0 Å². The number of unbranched alkanes of at least 4 members (excludes halogenated alkanes) is 5. The van der Waals surface area contributed by atoms with Crippen LogP contribution in [-0.4, -0.2) is 17.1 Å². The van der Waals surface area contributed by atoms with Gasteiger partial charge in [-0.25, -0.2) is 9.13 Å². The van der Waals surface area contributed by atoms with Gasteiger partial charge in [-0.15, -0.1) is 0 Å². The van der Waals surface area contributed by atoms with E-state index in [1.807, 2.05) is 6.92 Å². The molecule has 4 heteroatoms. The van der Waals surface area contributed by atoms with Gasteiger partial charge in [0.15, 0.2) is 0 Å². The van der Waals surface area contributed by atoms with Crippen molar-refractivity contribution in [2.24, 2.45) is 0 Å². The molecule has 0 unspecified atom stereocenters. The number of ether oxygens (including phenoxy) is 1. The van der Waals surface area contributed by atoms with Gasteiger partial charge in [-0.3, -0.25) is 4.79 Å². The summed E-state index contributed by atoms with van der Waals surface area (Å²) in [7, 11) is 0. The number of carbonyl (C=O) groups excluding carboxylic acids is 1. The minimum absolute atomic E-state index is 0.111. The van der Waals surface area contributed by atoms with Gasteiger partial charge in [-0.05, 0) is 12.8 Å². The molecule has 21 heavy (non-hydrogen) atoms. The summed E-state index contributed by atoms with van der Waals surface area (Å²) in [5.74, 6) is -0.111. The lowest BCUT2D eigenvalue weighted by molar-refractivity contribution is -0.697. The molecule has 1 heterocycles. The number of imidazole rings is 1. The minimum atomic E-state index is -0.111. The molecule has 0 aromatic carbocycles. The maximum absolute atomic E-state index is 11.0. The van der Waals surface area contributed by atoms with Crippen LogP contribution in [0.25, 0.3) is 0 Å². The van der Waals surface area contributed by atoms with E-state index in [0.717, 1.165) is 19.5 Å². The number of carbonyl (C=O) groups is 1. The fourth-order valence-corrected chi connectivity index (χ4v) is 2.31. The van der Waals surface area contributed by atoms with Crippen LogP contribution >= 0.6 is 0 Å². The number of hydrogen-bond donors (Lipinski definition) is 0. The smallest absolute Gasteiger partial charge is 0.305 e. The molecule has 0 spiro atoms. The number of rotatable bonds is 12. The van der Waals surface area contributed by atoms with E-state index in [4.69, 9.17) is 4.74 Å². The van der Waals surface area contributed by atoms with Crippen molar-refractivity contribution in [3.05, 3.63) is 18.7 Å². The fourth-order valence-electron chi connectivity index (χ4n) is 2.31. The first-order valence-corrected chi connectivity index (χ1v) is 8.46. The Morgan fingerprint density at radius 2 is 1.86 bits per heavy atom. The molecule has 0 bridgehead atoms. The maximum Gasteiger partial charge on any atom is 0.305 e. The van der Waals surface area contributed by atoms with E-state index in [1.165, 1.54) is 38.5 Å². The van der Waals surface area contributed by atoms with Crippen LogP contribution in [0.5, 0.6) is 0 Å². The molecule has 120 valence electrons. The lowest BCUT2D eigenvalue weighted by Gasteiger charge is -2.01. The van der Waals surface area contributed by atoms with E-state index in [2.05, 4.69) is 34.8 Å². The van der Waals surface area contributed by atoms with E-state index in [-0.39, 0.29) is 5.97 Å². The molecular formula is C17H31N2O2+. The first-order valence-electron chi connectivity index (χ1n) is 8.46. The van der Waals surface area contributed by atoms with E-state index in [1.54, 1.807) is 0 Å². The highest BCUT2D eigenvalue weighted by molar-refractivity contribution is 5.68. The highest BCUT2D eigenvalue weighted by Crippen LogP contribution is 2.05. The molecule has 1 aromatic rings. The third-order valence-electron chi connectivity index (χ3n) is 3.63. The Labute approximate surface area is 129 Å². The molecule has 4 nitrogen and oxygen atoms in total. The lowest BCUT2D eigenvalue weighted by Crippen LogP contribution is -2.31.